The number of carboxylic acids is 1. The highest BCUT2D eigenvalue weighted by molar-refractivity contribution is 5.88. The summed E-state index contributed by atoms with van der Waals surface area (Å²) >= 11 is 0. The summed E-state index contributed by atoms with van der Waals surface area (Å²) in [6.45, 7) is 6.77. The number of fused-ring (bicyclic) bond motifs is 1. The lowest BCUT2D eigenvalue weighted by molar-refractivity contribution is -0.154. The van der Waals surface area contributed by atoms with Crippen LogP contribution in [0.1, 0.15) is 70.0 Å². The van der Waals surface area contributed by atoms with Gasteiger partial charge in [-0.2, -0.15) is 0 Å². The molecule has 1 saturated carbocycles. The van der Waals surface area contributed by atoms with Crippen molar-refractivity contribution in [1.29, 1.82) is 0 Å². The van der Waals surface area contributed by atoms with E-state index in [2.05, 4.69) is 44.3 Å². The maximum Gasteiger partial charge on any atom is 0.326 e. The van der Waals surface area contributed by atoms with Crippen LogP contribution in [0.2, 0.25) is 0 Å². The molecule has 4 atom stereocenters. The molecule has 1 heterocycles. The summed E-state index contributed by atoms with van der Waals surface area (Å²) in [6.07, 6.45) is 4.83. The third kappa shape index (κ3) is 5.34. The Morgan fingerprint density at radius 3 is 2.27 bits per heavy atom. The van der Waals surface area contributed by atoms with Crippen LogP contribution in [0.5, 0.6) is 5.75 Å². The number of amides is 1. The van der Waals surface area contributed by atoms with Gasteiger partial charge in [-0.1, -0.05) is 101 Å². The molecule has 212 valence electrons. The van der Waals surface area contributed by atoms with Gasteiger partial charge in [0, 0.05) is 30.0 Å². The number of carbonyl (C=O) groups excluding carboxylic acids is 1. The molecule has 6 heteroatoms. The second-order valence-electron chi connectivity index (χ2n) is 12.5. The number of hydrogen-bond acceptors (Lipinski definition) is 4. The van der Waals surface area contributed by atoms with Crippen LogP contribution in [-0.2, 0) is 16.1 Å². The minimum absolute atomic E-state index is 0.0118. The summed E-state index contributed by atoms with van der Waals surface area (Å²) in [7, 11) is 1.68. The maximum atomic E-state index is 14.3. The van der Waals surface area contributed by atoms with Gasteiger partial charge in [0.15, 0.2) is 0 Å². The first-order chi connectivity index (χ1) is 19.2. The number of nitrogens with one attached hydrogen (secondary N) is 1. The fourth-order valence-electron chi connectivity index (χ4n) is 7.20. The van der Waals surface area contributed by atoms with E-state index in [0.29, 0.717) is 6.54 Å². The molecule has 0 radical (unpaired) electrons. The van der Waals surface area contributed by atoms with E-state index >= 15 is 0 Å². The second-order valence-corrected chi connectivity index (χ2v) is 12.5. The van der Waals surface area contributed by atoms with Gasteiger partial charge < -0.3 is 20.1 Å². The minimum atomic E-state index is -0.933. The Morgan fingerprint density at radius 1 is 0.950 bits per heavy atom. The molecule has 0 aromatic heterocycles. The van der Waals surface area contributed by atoms with E-state index in [-0.39, 0.29) is 29.2 Å². The summed E-state index contributed by atoms with van der Waals surface area (Å²) in [4.78, 5) is 29.1. The predicted molar refractivity (Wildman–Crippen MR) is 158 cm³/mol. The molecule has 6 nitrogen and oxygen atoms in total. The third-order valence-electron chi connectivity index (χ3n) is 9.00. The van der Waals surface area contributed by atoms with Crippen molar-refractivity contribution >= 4 is 22.6 Å². The molecule has 0 unspecified atom stereocenters. The van der Waals surface area contributed by atoms with Gasteiger partial charge in [0.25, 0.3) is 0 Å². The van der Waals surface area contributed by atoms with E-state index in [4.69, 9.17) is 4.74 Å². The third-order valence-corrected chi connectivity index (χ3v) is 9.00. The van der Waals surface area contributed by atoms with Gasteiger partial charge in [-0.25, -0.2) is 4.79 Å². The maximum absolute atomic E-state index is 14.3. The van der Waals surface area contributed by atoms with E-state index in [0.717, 1.165) is 59.8 Å². The lowest BCUT2D eigenvalue weighted by Crippen LogP contribution is -2.49. The van der Waals surface area contributed by atoms with E-state index in [1.165, 1.54) is 0 Å². The topological polar surface area (TPSA) is 78.9 Å². The van der Waals surface area contributed by atoms with Crippen LogP contribution in [0.25, 0.3) is 10.8 Å². The average molecular weight is 543 g/mol. The first-order valence-electron chi connectivity index (χ1n) is 14.6. The summed E-state index contributed by atoms with van der Waals surface area (Å²) in [5, 5.41) is 16.7. The zero-order valence-corrected chi connectivity index (χ0v) is 24.1. The molecule has 2 aliphatic rings. The first kappa shape index (κ1) is 28.2. The fourth-order valence-corrected chi connectivity index (χ4v) is 7.20. The molecule has 0 bridgehead atoms. The van der Waals surface area contributed by atoms with Crippen LogP contribution >= 0.6 is 0 Å². The number of hydrogen-bond donors (Lipinski definition) is 2. The van der Waals surface area contributed by atoms with Crippen molar-refractivity contribution < 1.29 is 19.4 Å². The van der Waals surface area contributed by atoms with E-state index in [1.807, 2.05) is 48.5 Å². The van der Waals surface area contributed by atoms with Crippen molar-refractivity contribution in [3.8, 4) is 5.75 Å². The molecule has 2 N–H and O–H groups in total. The van der Waals surface area contributed by atoms with Crippen LogP contribution in [0.3, 0.4) is 0 Å². The number of likely N-dealkylation sites (tertiary alicyclic amines) is 1. The number of methoxy groups -OCH3 is 1. The van der Waals surface area contributed by atoms with E-state index in [9.17, 15) is 14.7 Å². The van der Waals surface area contributed by atoms with Crippen LogP contribution in [0, 0.1) is 17.3 Å². The summed E-state index contributed by atoms with van der Waals surface area (Å²) in [6, 6.07) is 20.7. The number of benzene rings is 3. The zero-order chi connectivity index (χ0) is 28.4. The molecule has 3 aromatic rings. The number of aliphatic carboxylic acids is 1. The highest BCUT2D eigenvalue weighted by atomic mass is 16.5. The quantitative estimate of drug-likeness (QED) is 0.352. The monoisotopic (exact) mass is 542 g/mol. The van der Waals surface area contributed by atoms with Crippen molar-refractivity contribution in [3.05, 3.63) is 77.9 Å². The summed E-state index contributed by atoms with van der Waals surface area (Å²) < 4.78 is 5.77. The van der Waals surface area contributed by atoms with Gasteiger partial charge in [-0.3, -0.25) is 4.79 Å². The Bertz CT molecular complexity index is 1340. The van der Waals surface area contributed by atoms with Crippen LogP contribution in [-0.4, -0.2) is 41.1 Å². The van der Waals surface area contributed by atoms with Crippen molar-refractivity contribution in [2.45, 2.75) is 77.5 Å². The molecule has 1 aliphatic heterocycles. The smallest absolute Gasteiger partial charge is 0.326 e. The number of rotatable bonds is 7. The molecule has 1 aliphatic carbocycles. The Balaban J connectivity index is 1.62. The summed E-state index contributed by atoms with van der Waals surface area (Å²) in [5.74, 6) is -0.597. The Kier molecular flexibility index (Phi) is 8.18. The highest BCUT2D eigenvalue weighted by Crippen LogP contribution is 2.49. The van der Waals surface area contributed by atoms with E-state index < -0.39 is 18.1 Å². The lowest BCUT2D eigenvalue weighted by Gasteiger charge is -2.36. The second kappa shape index (κ2) is 11.6. The number of carboxylic acid groups (broad SMARTS) is 1. The van der Waals surface area contributed by atoms with Crippen LogP contribution < -0.4 is 10.1 Å². The van der Waals surface area contributed by atoms with Crippen molar-refractivity contribution in [3.63, 3.8) is 0 Å². The van der Waals surface area contributed by atoms with Gasteiger partial charge in [0.1, 0.15) is 11.8 Å². The van der Waals surface area contributed by atoms with Gasteiger partial charge >= 0.3 is 5.97 Å². The zero-order valence-electron chi connectivity index (χ0n) is 24.1. The Hall–Kier alpha value is -3.38. The largest absolute Gasteiger partial charge is 0.496 e. The average Bonchev–Trinajstić information content (AvgIpc) is 3.32. The molecule has 0 spiro atoms. The molecule has 2 fully saturated rings. The predicted octanol–water partition coefficient (Wildman–Crippen LogP) is 6.59. The fraction of sp³-hybridized carbons (Fsp3) is 0.471. The number of nitrogens with zero attached hydrogens (tertiary/aromatic N) is 1. The molecule has 5 rings (SSSR count). The van der Waals surface area contributed by atoms with Gasteiger partial charge in [-0.05, 0) is 40.7 Å². The normalized spacial score (nSPS) is 23.9. The molecule has 40 heavy (non-hydrogen) atoms. The standard InChI is InChI=1S/C34H42N2O4/c1-34(2,3)28-29(35-21-26-25-18-12-11-13-22(25)19-20-27(26)40-4)30(23-14-7-5-8-15-23)36(31(28)33(38)39)32(37)24-16-9-6-10-17-24/h5,7-8,11-15,18-20,24,28-31,35H,6,9-10,16-17,21H2,1-4H3,(H,38,39)/t28-,29-,30-,31-/m0/s1. The summed E-state index contributed by atoms with van der Waals surface area (Å²) in [5.41, 5.74) is 1.62. The molecular formula is C34H42N2O4. The molecule has 1 amide bonds. The molecule has 1 saturated heterocycles. The Morgan fingerprint density at radius 2 is 1.62 bits per heavy atom. The van der Waals surface area contributed by atoms with Gasteiger partial charge in [0.05, 0.1) is 13.2 Å². The number of carbonyl (C=O) groups is 2. The van der Waals surface area contributed by atoms with Gasteiger partial charge in [-0.15, -0.1) is 0 Å². The first-order valence-corrected chi connectivity index (χ1v) is 14.6. The minimum Gasteiger partial charge on any atom is -0.496 e. The van der Waals surface area contributed by atoms with Crippen molar-refractivity contribution in [2.24, 2.45) is 17.3 Å². The lowest BCUT2D eigenvalue weighted by atomic mass is 9.72. The van der Waals surface area contributed by atoms with Gasteiger partial charge in [0.2, 0.25) is 5.91 Å². The highest BCUT2D eigenvalue weighted by Gasteiger charge is 2.58. The van der Waals surface area contributed by atoms with E-state index in [1.54, 1.807) is 12.0 Å². The number of ether oxygens (including phenoxy) is 1. The molecule has 3 aromatic carbocycles. The molecular weight excluding hydrogens is 500 g/mol. The van der Waals surface area contributed by atoms with Crippen molar-refractivity contribution in [1.82, 2.24) is 10.2 Å². The SMILES string of the molecule is COc1ccc2ccccc2c1CN[C@H]1[C@H](C(C)(C)C)[C@@H](C(=O)O)N(C(=O)C2CCCCC2)[C@H]1c1ccccc1. The van der Waals surface area contributed by atoms with Crippen molar-refractivity contribution in [2.75, 3.05) is 7.11 Å². The van der Waals surface area contributed by atoms with Crippen LogP contribution in [0.15, 0.2) is 66.7 Å². The Labute approximate surface area is 237 Å². The van der Waals surface area contributed by atoms with Crippen LogP contribution in [0.4, 0.5) is 0 Å².